The van der Waals surface area contributed by atoms with Crippen LogP contribution in [-0.4, -0.2) is 18.0 Å². The van der Waals surface area contributed by atoms with Crippen LogP contribution in [0.4, 0.5) is 0 Å². The van der Waals surface area contributed by atoms with Crippen molar-refractivity contribution in [3.8, 4) is 0 Å². The molecule has 0 amide bonds. The van der Waals surface area contributed by atoms with E-state index in [4.69, 9.17) is 0 Å². The molecule has 0 saturated carbocycles. The Hall–Kier alpha value is -0.820. The summed E-state index contributed by atoms with van der Waals surface area (Å²) < 4.78 is 0. The quantitative estimate of drug-likeness (QED) is 0.764. The van der Waals surface area contributed by atoms with Gasteiger partial charge in [0.2, 0.25) is 0 Å². The van der Waals surface area contributed by atoms with Gasteiger partial charge in [0.1, 0.15) is 0 Å². The maximum Gasteiger partial charge on any atom is 0.0233 e. The molecule has 1 aromatic rings. The van der Waals surface area contributed by atoms with Gasteiger partial charge >= 0.3 is 0 Å². The molecular formula is C18H29N. The second-order valence-electron chi connectivity index (χ2n) is 7.47. The minimum atomic E-state index is 0.490. The molecule has 0 aliphatic carbocycles. The molecule has 0 atom stereocenters. The number of likely N-dealkylation sites (tertiary alicyclic amines) is 1. The molecule has 2 rings (SSSR count). The highest BCUT2D eigenvalue weighted by atomic mass is 15.1. The second-order valence-corrected chi connectivity index (χ2v) is 7.47. The fourth-order valence-corrected chi connectivity index (χ4v) is 3.17. The van der Waals surface area contributed by atoms with Crippen LogP contribution >= 0.6 is 0 Å². The smallest absolute Gasteiger partial charge is 0.0233 e. The van der Waals surface area contributed by atoms with Crippen molar-refractivity contribution < 1.29 is 0 Å². The van der Waals surface area contributed by atoms with E-state index in [-0.39, 0.29) is 0 Å². The highest BCUT2D eigenvalue weighted by molar-refractivity contribution is 5.21. The number of hydrogen-bond donors (Lipinski definition) is 0. The Morgan fingerprint density at radius 3 is 2.16 bits per heavy atom. The minimum Gasteiger partial charge on any atom is -0.299 e. The van der Waals surface area contributed by atoms with Crippen molar-refractivity contribution in [2.75, 3.05) is 13.1 Å². The Kier molecular flexibility index (Phi) is 4.67. The van der Waals surface area contributed by atoms with Gasteiger partial charge in [0, 0.05) is 6.54 Å². The largest absolute Gasteiger partial charge is 0.299 e. The third-order valence-electron chi connectivity index (χ3n) is 4.13. The van der Waals surface area contributed by atoms with E-state index >= 15 is 0 Å². The summed E-state index contributed by atoms with van der Waals surface area (Å²) in [5, 5.41) is 0. The lowest BCUT2D eigenvalue weighted by atomic mass is 9.80. The summed E-state index contributed by atoms with van der Waals surface area (Å²) in [5.41, 5.74) is 3.30. The first-order valence-electron chi connectivity index (χ1n) is 7.70. The fraction of sp³-hybridized carbons (Fsp3) is 0.667. The molecular weight excluding hydrogens is 230 g/mol. The van der Waals surface area contributed by atoms with Crippen molar-refractivity contribution in [3.63, 3.8) is 0 Å². The number of piperidine rings is 1. The first-order valence-corrected chi connectivity index (χ1v) is 7.70. The molecule has 1 heterocycles. The normalized spacial score (nSPS) is 18.7. The monoisotopic (exact) mass is 259 g/mol. The van der Waals surface area contributed by atoms with E-state index in [9.17, 15) is 0 Å². The highest BCUT2D eigenvalue weighted by Crippen LogP contribution is 2.31. The lowest BCUT2D eigenvalue weighted by Gasteiger charge is -2.35. The van der Waals surface area contributed by atoms with E-state index in [2.05, 4.69) is 56.9 Å². The highest BCUT2D eigenvalue weighted by Gasteiger charge is 2.23. The third-order valence-corrected chi connectivity index (χ3v) is 4.13. The van der Waals surface area contributed by atoms with E-state index in [1.54, 1.807) is 0 Å². The molecule has 0 unspecified atom stereocenters. The number of benzene rings is 1. The second kappa shape index (κ2) is 6.09. The molecule has 1 aliphatic rings. The Labute approximate surface area is 119 Å². The van der Waals surface area contributed by atoms with Crippen LogP contribution in [0.3, 0.4) is 0 Å². The van der Waals surface area contributed by atoms with Gasteiger partial charge in [-0.1, -0.05) is 50.6 Å². The van der Waals surface area contributed by atoms with Crippen molar-refractivity contribution in [2.24, 2.45) is 11.3 Å². The number of aryl methyl sites for hydroxylation is 1. The standard InChI is InChI=1S/C18H29N/c1-15-5-7-17(8-6-15)14-19-11-9-16(10-12-19)13-18(2,3)4/h5-8,16H,9-14H2,1-4H3. The summed E-state index contributed by atoms with van der Waals surface area (Å²) in [6.07, 6.45) is 4.14. The van der Waals surface area contributed by atoms with Gasteiger partial charge in [0.15, 0.2) is 0 Å². The van der Waals surface area contributed by atoms with Crippen molar-refractivity contribution in [2.45, 2.75) is 53.5 Å². The van der Waals surface area contributed by atoms with Crippen LogP contribution in [-0.2, 0) is 6.54 Å². The number of rotatable bonds is 3. The van der Waals surface area contributed by atoms with Crippen LogP contribution < -0.4 is 0 Å². The Balaban J connectivity index is 1.79. The minimum absolute atomic E-state index is 0.490. The van der Waals surface area contributed by atoms with Crippen molar-refractivity contribution in [1.29, 1.82) is 0 Å². The average molecular weight is 259 g/mol. The molecule has 0 N–H and O–H groups in total. The first kappa shape index (κ1) is 14.6. The summed E-state index contributed by atoms with van der Waals surface area (Å²) in [7, 11) is 0. The first-order chi connectivity index (χ1) is 8.92. The van der Waals surface area contributed by atoms with Gasteiger partial charge < -0.3 is 0 Å². The van der Waals surface area contributed by atoms with E-state index in [0.29, 0.717) is 5.41 Å². The molecule has 106 valence electrons. The summed E-state index contributed by atoms with van der Waals surface area (Å²) in [6.45, 7) is 12.9. The summed E-state index contributed by atoms with van der Waals surface area (Å²) in [6, 6.07) is 9.00. The van der Waals surface area contributed by atoms with Gasteiger partial charge in [-0.3, -0.25) is 4.90 Å². The van der Waals surface area contributed by atoms with Crippen LogP contribution in [0.25, 0.3) is 0 Å². The van der Waals surface area contributed by atoms with E-state index in [0.717, 1.165) is 12.5 Å². The van der Waals surface area contributed by atoms with Gasteiger partial charge in [-0.25, -0.2) is 0 Å². The molecule has 1 heteroatoms. The summed E-state index contributed by atoms with van der Waals surface area (Å²) >= 11 is 0. The van der Waals surface area contributed by atoms with Crippen LogP contribution in [0.1, 0.15) is 51.2 Å². The summed E-state index contributed by atoms with van der Waals surface area (Å²) in [4.78, 5) is 2.61. The zero-order valence-corrected chi connectivity index (χ0v) is 13.1. The van der Waals surface area contributed by atoms with Gasteiger partial charge in [-0.2, -0.15) is 0 Å². The molecule has 1 aliphatic heterocycles. The Morgan fingerprint density at radius 1 is 1.05 bits per heavy atom. The van der Waals surface area contributed by atoms with Crippen LogP contribution in [0.5, 0.6) is 0 Å². The topological polar surface area (TPSA) is 3.24 Å². The van der Waals surface area contributed by atoms with Crippen LogP contribution in [0.15, 0.2) is 24.3 Å². The molecule has 19 heavy (non-hydrogen) atoms. The average Bonchev–Trinajstić information content (AvgIpc) is 2.33. The van der Waals surface area contributed by atoms with Gasteiger partial charge in [0.05, 0.1) is 0 Å². The predicted octanol–water partition coefficient (Wildman–Crippen LogP) is 4.64. The zero-order chi connectivity index (χ0) is 13.9. The number of hydrogen-bond acceptors (Lipinski definition) is 1. The van der Waals surface area contributed by atoms with E-state index in [1.807, 2.05) is 0 Å². The van der Waals surface area contributed by atoms with Crippen LogP contribution in [0.2, 0.25) is 0 Å². The molecule has 1 aromatic carbocycles. The molecule has 1 fully saturated rings. The zero-order valence-electron chi connectivity index (χ0n) is 13.1. The van der Waals surface area contributed by atoms with Crippen LogP contribution in [0, 0.1) is 18.3 Å². The van der Waals surface area contributed by atoms with E-state index < -0.39 is 0 Å². The summed E-state index contributed by atoms with van der Waals surface area (Å²) in [5.74, 6) is 0.939. The Morgan fingerprint density at radius 2 is 1.63 bits per heavy atom. The number of nitrogens with zero attached hydrogens (tertiary/aromatic N) is 1. The van der Waals surface area contributed by atoms with E-state index in [1.165, 1.54) is 43.5 Å². The predicted molar refractivity (Wildman–Crippen MR) is 83.3 cm³/mol. The maximum atomic E-state index is 2.61. The van der Waals surface area contributed by atoms with Crippen molar-refractivity contribution in [1.82, 2.24) is 4.90 Å². The van der Waals surface area contributed by atoms with Gasteiger partial charge in [-0.15, -0.1) is 0 Å². The lowest BCUT2D eigenvalue weighted by molar-refractivity contribution is 0.147. The molecule has 1 nitrogen and oxygen atoms in total. The van der Waals surface area contributed by atoms with Crippen molar-refractivity contribution >= 4 is 0 Å². The molecule has 0 spiro atoms. The maximum absolute atomic E-state index is 2.61. The van der Waals surface area contributed by atoms with Crippen molar-refractivity contribution in [3.05, 3.63) is 35.4 Å². The molecule has 0 radical (unpaired) electrons. The molecule has 0 bridgehead atoms. The molecule has 0 aromatic heterocycles. The van der Waals surface area contributed by atoms with Gasteiger partial charge in [-0.05, 0) is 56.2 Å². The SMILES string of the molecule is Cc1ccc(CN2CCC(CC(C)(C)C)CC2)cc1. The lowest BCUT2D eigenvalue weighted by Crippen LogP contribution is -2.34. The third kappa shape index (κ3) is 4.99. The fourth-order valence-electron chi connectivity index (χ4n) is 3.17. The Bertz CT molecular complexity index is 377. The molecule has 1 saturated heterocycles. The van der Waals surface area contributed by atoms with Gasteiger partial charge in [0.25, 0.3) is 0 Å².